The van der Waals surface area contributed by atoms with E-state index in [-0.39, 0.29) is 17.3 Å². The smallest absolute Gasteiger partial charge is 0.238 e. The maximum Gasteiger partial charge on any atom is 0.238 e. The number of alkyl halides is 1. The SMILES string of the molecule is CC(C)CC(Cl)C(=O)NC(C)C. The van der Waals surface area contributed by atoms with Gasteiger partial charge in [-0.25, -0.2) is 0 Å². The van der Waals surface area contributed by atoms with Crippen LogP contribution >= 0.6 is 11.6 Å². The Labute approximate surface area is 79.7 Å². The van der Waals surface area contributed by atoms with Crippen molar-refractivity contribution in [3.63, 3.8) is 0 Å². The average Bonchev–Trinajstić information content (AvgIpc) is 1.84. The molecule has 0 aliphatic heterocycles. The van der Waals surface area contributed by atoms with Crippen LogP contribution in [0.25, 0.3) is 0 Å². The van der Waals surface area contributed by atoms with Crippen LogP contribution in [-0.4, -0.2) is 17.3 Å². The highest BCUT2D eigenvalue weighted by Crippen LogP contribution is 2.10. The molecule has 0 saturated heterocycles. The molecule has 0 rings (SSSR count). The summed E-state index contributed by atoms with van der Waals surface area (Å²) in [6.07, 6.45) is 0.736. The van der Waals surface area contributed by atoms with Crippen molar-refractivity contribution >= 4 is 17.5 Å². The quantitative estimate of drug-likeness (QED) is 0.679. The lowest BCUT2D eigenvalue weighted by Crippen LogP contribution is -2.36. The van der Waals surface area contributed by atoms with Crippen LogP contribution in [-0.2, 0) is 4.79 Å². The maximum atomic E-state index is 11.2. The summed E-state index contributed by atoms with van der Waals surface area (Å²) in [5, 5.41) is 2.39. The number of carbonyl (C=O) groups excluding carboxylic acids is 1. The highest BCUT2D eigenvalue weighted by atomic mass is 35.5. The third-order valence-electron chi connectivity index (χ3n) is 1.39. The Hall–Kier alpha value is -0.240. The largest absolute Gasteiger partial charge is 0.353 e. The summed E-state index contributed by atoms with van der Waals surface area (Å²) in [7, 11) is 0. The minimum absolute atomic E-state index is 0.0552. The van der Waals surface area contributed by atoms with Crippen molar-refractivity contribution in [3.05, 3.63) is 0 Å². The van der Waals surface area contributed by atoms with E-state index in [2.05, 4.69) is 19.2 Å². The van der Waals surface area contributed by atoms with Gasteiger partial charge < -0.3 is 5.32 Å². The van der Waals surface area contributed by atoms with E-state index in [1.807, 2.05) is 13.8 Å². The Kier molecular flexibility index (Phi) is 5.31. The second kappa shape index (κ2) is 5.41. The minimum Gasteiger partial charge on any atom is -0.353 e. The number of nitrogens with one attached hydrogen (secondary N) is 1. The van der Waals surface area contributed by atoms with E-state index >= 15 is 0 Å². The molecule has 0 aromatic heterocycles. The molecule has 0 aliphatic rings. The molecule has 1 unspecified atom stereocenters. The van der Waals surface area contributed by atoms with E-state index in [0.717, 1.165) is 6.42 Å². The second-order valence-corrected chi connectivity index (χ2v) is 4.29. The molecule has 0 fully saturated rings. The maximum absolute atomic E-state index is 11.2. The van der Waals surface area contributed by atoms with Crippen LogP contribution in [0.4, 0.5) is 0 Å². The van der Waals surface area contributed by atoms with Crippen molar-refractivity contribution in [2.24, 2.45) is 5.92 Å². The number of carbonyl (C=O) groups is 1. The molecule has 12 heavy (non-hydrogen) atoms. The summed E-state index contributed by atoms with van der Waals surface area (Å²) in [4.78, 5) is 11.2. The molecule has 1 amide bonds. The topological polar surface area (TPSA) is 29.1 Å². The van der Waals surface area contributed by atoms with Gasteiger partial charge in [-0.3, -0.25) is 4.79 Å². The first-order valence-corrected chi connectivity index (χ1v) is 4.81. The molecule has 2 nitrogen and oxygen atoms in total. The van der Waals surface area contributed by atoms with Crippen LogP contribution in [0.3, 0.4) is 0 Å². The van der Waals surface area contributed by atoms with E-state index in [4.69, 9.17) is 11.6 Å². The number of hydrogen-bond acceptors (Lipinski definition) is 1. The normalized spacial score (nSPS) is 13.6. The van der Waals surface area contributed by atoms with Gasteiger partial charge in [0.25, 0.3) is 0 Å². The Morgan fingerprint density at radius 3 is 2.17 bits per heavy atom. The number of amides is 1. The van der Waals surface area contributed by atoms with Gasteiger partial charge in [-0.05, 0) is 26.2 Å². The van der Waals surface area contributed by atoms with E-state index < -0.39 is 0 Å². The highest BCUT2D eigenvalue weighted by molar-refractivity contribution is 6.30. The lowest BCUT2D eigenvalue weighted by molar-refractivity contribution is -0.121. The van der Waals surface area contributed by atoms with Crippen molar-refractivity contribution in [3.8, 4) is 0 Å². The molecule has 0 heterocycles. The van der Waals surface area contributed by atoms with Gasteiger partial charge in [0.15, 0.2) is 0 Å². The molecular formula is C9H18ClNO. The summed E-state index contributed by atoms with van der Waals surface area (Å²) < 4.78 is 0. The molecular weight excluding hydrogens is 174 g/mol. The first kappa shape index (κ1) is 11.8. The summed E-state index contributed by atoms with van der Waals surface area (Å²) in [5.41, 5.74) is 0. The first-order chi connectivity index (χ1) is 5.43. The first-order valence-electron chi connectivity index (χ1n) is 4.38. The number of halogens is 1. The number of hydrogen-bond donors (Lipinski definition) is 1. The van der Waals surface area contributed by atoms with Gasteiger partial charge in [-0.15, -0.1) is 11.6 Å². The minimum atomic E-state index is -0.382. The molecule has 1 atom stereocenters. The molecule has 72 valence electrons. The van der Waals surface area contributed by atoms with Gasteiger partial charge in [0.05, 0.1) is 0 Å². The fraction of sp³-hybridized carbons (Fsp3) is 0.889. The molecule has 0 spiro atoms. The lowest BCUT2D eigenvalue weighted by atomic mass is 10.1. The zero-order valence-corrected chi connectivity index (χ0v) is 8.98. The van der Waals surface area contributed by atoms with Crippen LogP contribution in [0.5, 0.6) is 0 Å². The predicted molar refractivity (Wildman–Crippen MR) is 52.4 cm³/mol. The zero-order chi connectivity index (χ0) is 9.72. The molecule has 1 N–H and O–H groups in total. The Morgan fingerprint density at radius 2 is 1.83 bits per heavy atom. The fourth-order valence-electron chi connectivity index (χ4n) is 0.896. The molecule has 3 heteroatoms. The van der Waals surface area contributed by atoms with Gasteiger partial charge in [0.1, 0.15) is 5.38 Å². The van der Waals surface area contributed by atoms with E-state index in [1.165, 1.54) is 0 Å². The Morgan fingerprint density at radius 1 is 1.33 bits per heavy atom. The van der Waals surface area contributed by atoms with E-state index in [9.17, 15) is 4.79 Å². The lowest BCUT2D eigenvalue weighted by Gasteiger charge is -2.14. The highest BCUT2D eigenvalue weighted by Gasteiger charge is 2.16. The second-order valence-electron chi connectivity index (χ2n) is 3.76. The number of rotatable bonds is 4. The van der Waals surface area contributed by atoms with Gasteiger partial charge >= 0.3 is 0 Å². The van der Waals surface area contributed by atoms with Crippen molar-refractivity contribution in [1.29, 1.82) is 0 Å². The summed E-state index contributed by atoms with van der Waals surface area (Å²) >= 11 is 5.86. The third-order valence-corrected chi connectivity index (χ3v) is 1.77. The third kappa shape index (κ3) is 5.42. The van der Waals surface area contributed by atoms with Gasteiger partial charge in [0, 0.05) is 6.04 Å². The molecule has 0 aromatic rings. The Bertz CT molecular complexity index is 145. The van der Waals surface area contributed by atoms with Crippen LogP contribution in [0, 0.1) is 5.92 Å². The van der Waals surface area contributed by atoms with Crippen LogP contribution in [0.2, 0.25) is 0 Å². The zero-order valence-electron chi connectivity index (χ0n) is 8.23. The van der Waals surface area contributed by atoms with Crippen molar-refractivity contribution in [2.75, 3.05) is 0 Å². The molecule has 0 aliphatic carbocycles. The van der Waals surface area contributed by atoms with Gasteiger partial charge in [-0.1, -0.05) is 13.8 Å². The fourth-order valence-corrected chi connectivity index (χ4v) is 1.32. The van der Waals surface area contributed by atoms with Crippen LogP contribution in [0.1, 0.15) is 34.1 Å². The average molecular weight is 192 g/mol. The summed E-state index contributed by atoms with van der Waals surface area (Å²) in [5.74, 6) is 0.408. The van der Waals surface area contributed by atoms with Crippen molar-refractivity contribution in [1.82, 2.24) is 5.32 Å². The summed E-state index contributed by atoms with van der Waals surface area (Å²) in [6, 6.07) is 0.172. The van der Waals surface area contributed by atoms with E-state index in [0.29, 0.717) is 5.92 Å². The van der Waals surface area contributed by atoms with Crippen molar-refractivity contribution in [2.45, 2.75) is 45.5 Å². The van der Waals surface area contributed by atoms with Gasteiger partial charge in [-0.2, -0.15) is 0 Å². The van der Waals surface area contributed by atoms with E-state index in [1.54, 1.807) is 0 Å². The standard InChI is InChI=1S/C9H18ClNO/c1-6(2)5-8(10)9(12)11-7(3)4/h6-8H,5H2,1-4H3,(H,11,12). The van der Waals surface area contributed by atoms with Crippen molar-refractivity contribution < 1.29 is 4.79 Å². The molecule has 0 radical (unpaired) electrons. The summed E-state index contributed by atoms with van der Waals surface area (Å²) in [6.45, 7) is 7.96. The monoisotopic (exact) mass is 191 g/mol. The van der Waals surface area contributed by atoms with Crippen LogP contribution < -0.4 is 5.32 Å². The Balaban J connectivity index is 3.77. The van der Waals surface area contributed by atoms with Gasteiger partial charge in [0.2, 0.25) is 5.91 Å². The molecule has 0 bridgehead atoms. The molecule has 0 aromatic carbocycles. The molecule has 0 saturated carbocycles. The van der Waals surface area contributed by atoms with Crippen LogP contribution in [0.15, 0.2) is 0 Å². The predicted octanol–water partition coefficient (Wildman–Crippen LogP) is 2.16.